The molecule has 0 saturated heterocycles. The standard InChI is InChI=1S/C24H34N8O7S/c25-14(8-12-10-29-15-5-2-1-4-13(12)15)20(35)32-18(11-40)22(37)30-16(6-3-7-28-24(26)27)21(36)31-17(23(38)39)9-19(33)34/h1-2,4-5,10,14,16-18,29,40H,3,6-9,11,25H2,(H,30,37)(H,31,36)(H,32,35)(H,33,34)(H,38,39)(H4,26,27,28). The second-order valence-corrected chi connectivity index (χ2v) is 9.29. The zero-order valence-electron chi connectivity index (χ0n) is 21.5. The average Bonchev–Trinajstić information content (AvgIpc) is 3.30. The number of carbonyl (C=O) groups is 5. The Labute approximate surface area is 234 Å². The van der Waals surface area contributed by atoms with Crippen LogP contribution >= 0.6 is 12.6 Å². The van der Waals surface area contributed by atoms with Crippen LogP contribution in [0.1, 0.15) is 24.8 Å². The van der Waals surface area contributed by atoms with E-state index >= 15 is 0 Å². The summed E-state index contributed by atoms with van der Waals surface area (Å²) in [6.07, 6.45) is 1.24. The van der Waals surface area contributed by atoms with Gasteiger partial charge in [-0.1, -0.05) is 18.2 Å². The minimum Gasteiger partial charge on any atom is -0.481 e. The molecule has 0 aliphatic heterocycles. The Morgan fingerprint density at radius 3 is 2.20 bits per heavy atom. The fourth-order valence-electron chi connectivity index (χ4n) is 3.79. The van der Waals surface area contributed by atoms with Gasteiger partial charge in [0.2, 0.25) is 17.7 Å². The first-order valence-electron chi connectivity index (χ1n) is 12.3. The van der Waals surface area contributed by atoms with Crippen molar-refractivity contribution in [2.75, 3.05) is 12.3 Å². The minimum absolute atomic E-state index is 0.0267. The van der Waals surface area contributed by atoms with Gasteiger partial charge in [0.1, 0.15) is 18.1 Å². The summed E-state index contributed by atoms with van der Waals surface area (Å²) in [5, 5.41) is 26.2. The second-order valence-electron chi connectivity index (χ2n) is 8.92. The zero-order valence-corrected chi connectivity index (χ0v) is 22.4. The summed E-state index contributed by atoms with van der Waals surface area (Å²) in [7, 11) is 0. The van der Waals surface area contributed by atoms with E-state index in [0.717, 1.165) is 16.5 Å². The number of aromatic nitrogens is 1. The molecule has 16 heteroatoms. The molecule has 15 nitrogen and oxygen atoms in total. The third-order valence-electron chi connectivity index (χ3n) is 5.84. The number of nitrogens with one attached hydrogen (secondary N) is 4. The summed E-state index contributed by atoms with van der Waals surface area (Å²) in [6, 6.07) is 2.29. The minimum atomic E-state index is -1.73. The largest absolute Gasteiger partial charge is 0.481 e. The lowest BCUT2D eigenvalue weighted by molar-refractivity contribution is -0.147. The van der Waals surface area contributed by atoms with E-state index in [4.69, 9.17) is 22.3 Å². The molecule has 218 valence electrons. The predicted octanol–water partition coefficient (Wildman–Crippen LogP) is -1.97. The SMILES string of the molecule is NC(N)=NCCCC(NC(=O)C(CS)NC(=O)C(N)Cc1c[nH]c2ccccc12)C(=O)NC(CC(=O)O)C(=O)O. The third-order valence-corrected chi connectivity index (χ3v) is 6.20. The van der Waals surface area contributed by atoms with Crippen molar-refractivity contribution in [1.82, 2.24) is 20.9 Å². The van der Waals surface area contributed by atoms with Crippen molar-refractivity contribution in [2.45, 2.75) is 49.9 Å². The lowest BCUT2D eigenvalue weighted by Crippen LogP contribution is -2.58. The Balaban J connectivity index is 2.08. The Hall–Kier alpha value is -4.31. The number of H-pyrrole nitrogens is 1. The number of rotatable bonds is 16. The zero-order chi connectivity index (χ0) is 29.8. The molecule has 0 fully saturated rings. The fraction of sp³-hybridized carbons (Fsp3) is 0.417. The molecule has 0 saturated carbocycles. The Morgan fingerprint density at radius 2 is 1.57 bits per heavy atom. The average molecular weight is 579 g/mol. The van der Waals surface area contributed by atoms with Crippen LogP contribution in [0.3, 0.4) is 0 Å². The molecule has 4 atom stereocenters. The van der Waals surface area contributed by atoms with Crippen molar-refractivity contribution in [3.8, 4) is 0 Å². The van der Waals surface area contributed by atoms with E-state index in [-0.39, 0.29) is 37.5 Å². The van der Waals surface area contributed by atoms with Gasteiger partial charge < -0.3 is 48.3 Å². The Morgan fingerprint density at radius 1 is 0.950 bits per heavy atom. The van der Waals surface area contributed by atoms with Gasteiger partial charge in [0.15, 0.2) is 5.96 Å². The smallest absolute Gasteiger partial charge is 0.326 e. The quantitative estimate of drug-likeness (QED) is 0.0454. The van der Waals surface area contributed by atoms with Crippen molar-refractivity contribution in [3.05, 3.63) is 36.0 Å². The van der Waals surface area contributed by atoms with Crippen LogP contribution in [-0.2, 0) is 30.4 Å². The van der Waals surface area contributed by atoms with Crippen LogP contribution in [0.5, 0.6) is 0 Å². The van der Waals surface area contributed by atoms with E-state index in [1.165, 1.54) is 0 Å². The number of aliphatic imine (C=N–C) groups is 1. The molecule has 0 aliphatic rings. The van der Waals surface area contributed by atoms with Crippen molar-refractivity contribution in [2.24, 2.45) is 22.2 Å². The second kappa shape index (κ2) is 15.3. The molecular weight excluding hydrogens is 544 g/mol. The van der Waals surface area contributed by atoms with Gasteiger partial charge >= 0.3 is 11.9 Å². The number of carboxylic acids is 2. The van der Waals surface area contributed by atoms with Crippen LogP contribution in [0.25, 0.3) is 10.9 Å². The highest BCUT2D eigenvalue weighted by atomic mass is 32.1. The molecule has 40 heavy (non-hydrogen) atoms. The lowest BCUT2D eigenvalue weighted by atomic mass is 10.0. The summed E-state index contributed by atoms with van der Waals surface area (Å²) in [5.74, 6) is -5.67. The summed E-state index contributed by atoms with van der Waals surface area (Å²) >= 11 is 4.13. The highest BCUT2D eigenvalue weighted by Crippen LogP contribution is 2.18. The Bertz CT molecular complexity index is 1250. The molecule has 1 heterocycles. The van der Waals surface area contributed by atoms with Gasteiger partial charge in [-0.15, -0.1) is 0 Å². The number of para-hydroxylation sites is 1. The predicted molar refractivity (Wildman–Crippen MR) is 149 cm³/mol. The topological polar surface area (TPSA) is 268 Å². The number of hydrogen-bond donors (Lipinski definition) is 10. The van der Waals surface area contributed by atoms with Crippen molar-refractivity contribution >= 4 is 59.2 Å². The summed E-state index contributed by atoms with van der Waals surface area (Å²) < 4.78 is 0. The van der Waals surface area contributed by atoms with Gasteiger partial charge in [0, 0.05) is 29.4 Å². The monoisotopic (exact) mass is 578 g/mol. The molecular formula is C24H34N8O7S. The molecule has 4 unspecified atom stereocenters. The number of carboxylic acid groups (broad SMARTS) is 2. The first-order chi connectivity index (χ1) is 18.9. The number of nitrogens with two attached hydrogens (primary N) is 3. The summed E-state index contributed by atoms with van der Waals surface area (Å²) in [4.78, 5) is 67.9. The van der Waals surface area contributed by atoms with E-state index in [0.29, 0.717) is 0 Å². The van der Waals surface area contributed by atoms with E-state index in [9.17, 15) is 29.1 Å². The first-order valence-corrected chi connectivity index (χ1v) is 12.9. The number of thiol groups is 1. The van der Waals surface area contributed by atoms with Crippen molar-refractivity contribution < 1.29 is 34.2 Å². The maximum Gasteiger partial charge on any atom is 0.326 e. The van der Waals surface area contributed by atoms with Crippen LogP contribution in [-0.4, -0.2) is 87.3 Å². The molecule has 2 rings (SSSR count). The number of fused-ring (bicyclic) bond motifs is 1. The lowest BCUT2D eigenvalue weighted by Gasteiger charge is -2.24. The molecule has 0 aliphatic carbocycles. The van der Waals surface area contributed by atoms with Gasteiger partial charge in [-0.25, -0.2) is 4.79 Å². The third kappa shape index (κ3) is 9.77. The molecule has 0 spiro atoms. The number of hydrogen-bond acceptors (Lipinski definition) is 8. The van der Waals surface area contributed by atoms with Gasteiger partial charge in [0.05, 0.1) is 12.5 Å². The molecule has 0 bridgehead atoms. The van der Waals surface area contributed by atoms with Gasteiger partial charge in [-0.2, -0.15) is 12.6 Å². The number of aromatic amines is 1. The first kappa shape index (κ1) is 31.9. The molecule has 2 aromatic rings. The summed E-state index contributed by atoms with van der Waals surface area (Å²) in [5.41, 5.74) is 18.4. The van der Waals surface area contributed by atoms with Crippen molar-refractivity contribution in [1.29, 1.82) is 0 Å². The Kier molecular flexibility index (Phi) is 12.2. The summed E-state index contributed by atoms with van der Waals surface area (Å²) in [6.45, 7) is 0.106. The van der Waals surface area contributed by atoms with Crippen LogP contribution < -0.4 is 33.2 Å². The van der Waals surface area contributed by atoms with E-state index in [1.807, 2.05) is 24.3 Å². The van der Waals surface area contributed by atoms with E-state index in [2.05, 4.69) is 38.6 Å². The van der Waals surface area contributed by atoms with Gasteiger partial charge in [-0.3, -0.25) is 24.2 Å². The molecule has 12 N–H and O–H groups in total. The highest BCUT2D eigenvalue weighted by Gasteiger charge is 2.30. The van der Waals surface area contributed by atoms with Gasteiger partial charge in [-0.05, 0) is 30.9 Å². The van der Waals surface area contributed by atoms with Gasteiger partial charge in [0.25, 0.3) is 0 Å². The fourth-order valence-corrected chi connectivity index (χ4v) is 4.05. The number of nitrogens with zero attached hydrogens (tertiary/aromatic N) is 1. The number of guanidine groups is 1. The highest BCUT2D eigenvalue weighted by molar-refractivity contribution is 7.80. The number of amides is 3. The van der Waals surface area contributed by atoms with E-state index in [1.54, 1.807) is 6.20 Å². The molecule has 3 amide bonds. The number of aliphatic carboxylic acids is 2. The van der Waals surface area contributed by atoms with Crippen LogP contribution in [0.15, 0.2) is 35.5 Å². The van der Waals surface area contributed by atoms with Crippen LogP contribution in [0, 0.1) is 0 Å². The maximum absolute atomic E-state index is 13.0. The molecule has 1 aromatic carbocycles. The van der Waals surface area contributed by atoms with Crippen LogP contribution in [0.2, 0.25) is 0 Å². The van der Waals surface area contributed by atoms with E-state index < -0.39 is 60.2 Å². The number of carbonyl (C=O) groups excluding carboxylic acids is 3. The van der Waals surface area contributed by atoms with Crippen LogP contribution in [0.4, 0.5) is 0 Å². The molecule has 1 aromatic heterocycles. The van der Waals surface area contributed by atoms with Crippen molar-refractivity contribution in [3.63, 3.8) is 0 Å². The normalized spacial score (nSPS) is 13.8. The number of benzene rings is 1. The maximum atomic E-state index is 13.0. The molecule has 0 radical (unpaired) electrons.